The summed E-state index contributed by atoms with van der Waals surface area (Å²) in [5.41, 5.74) is 0.431. The summed E-state index contributed by atoms with van der Waals surface area (Å²) in [5, 5.41) is 0. The van der Waals surface area contributed by atoms with Crippen molar-refractivity contribution in [3.63, 3.8) is 0 Å². The van der Waals surface area contributed by atoms with E-state index in [1.807, 2.05) is 0 Å². The van der Waals surface area contributed by atoms with Crippen LogP contribution in [0.3, 0.4) is 0 Å². The fourth-order valence-corrected chi connectivity index (χ4v) is 1.03. The third-order valence-corrected chi connectivity index (χ3v) is 1.79. The lowest BCUT2D eigenvalue weighted by molar-refractivity contribution is -0.135. The van der Waals surface area contributed by atoms with Gasteiger partial charge < -0.3 is 9.47 Å². The highest BCUT2D eigenvalue weighted by Crippen LogP contribution is 2.05. The first-order valence-corrected chi connectivity index (χ1v) is 4.67. The molecule has 1 aromatic carbocycles. The van der Waals surface area contributed by atoms with Crippen LogP contribution in [0, 0.1) is 0 Å². The van der Waals surface area contributed by atoms with Gasteiger partial charge in [-0.05, 0) is 19.1 Å². The van der Waals surface area contributed by atoms with Gasteiger partial charge in [0.25, 0.3) is 0 Å². The predicted molar refractivity (Wildman–Crippen MR) is 57.6 cm³/mol. The first kappa shape index (κ1) is 12.0. The third kappa shape index (κ3) is 3.57. The number of hydrogen-bond donors (Lipinski definition) is 0. The first-order chi connectivity index (χ1) is 7.63. The maximum absolute atomic E-state index is 11.5. The largest absolute Gasteiger partial charge is 0.466 e. The van der Waals surface area contributed by atoms with Gasteiger partial charge in [-0.3, -0.25) is 0 Å². The molecule has 0 atom stereocenters. The Bertz CT molecular complexity index is 406. The normalized spacial score (nSPS) is 10.8. The highest BCUT2D eigenvalue weighted by Gasteiger charge is 2.07. The molecule has 16 heavy (non-hydrogen) atoms. The molecule has 84 valence electrons. The third-order valence-electron chi connectivity index (χ3n) is 1.79. The summed E-state index contributed by atoms with van der Waals surface area (Å²) >= 11 is 0. The van der Waals surface area contributed by atoms with Crippen molar-refractivity contribution in [2.75, 3.05) is 7.11 Å². The molecule has 0 aromatic heterocycles. The van der Waals surface area contributed by atoms with Gasteiger partial charge in [-0.15, -0.1) is 0 Å². The van der Waals surface area contributed by atoms with Crippen LogP contribution in [0.1, 0.15) is 17.3 Å². The molecule has 0 saturated carbocycles. The number of ether oxygens (including phenoxy) is 2. The maximum Gasteiger partial charge on any atom is 0.343 e. The Balaban J connectivity index is 2.66. The van der Waals surface area contributed by atoms with E-state index < -0.39 is 11.9 Å². The van der Waals surface area contributed by atoms with Crippen LogP contribution >= 0.6 is 0 Å². The summed E-state index contributed by atoms with van der Waals surface area (Å²) in [6.45, 7) is 1.51. The van der Waals surface area contributed by atoms with Crippen LogP contribution < -0.4 is 0 Å². The Morgan fingerprint density at radius 3 is 2.38 bits per heavy atom. The minimum atomic E-state index is -0.557. The minimum Gasteiger partial charge on any atom is -0.466 e. The number of carbonyl (C=O) groups is 2. The van der Waals surface area contributed by atoms with Gasteiger partial charge in [0.15, 0.2) is 0 Å². The molecular weight excluding hydrogens is 208 g/mol. The highest BCUT2D eigenvalue weighted by molar-refractivity contribution is 5.90. The van der Waals surface area contributed by atoms with Crippen molar-refractivity contribution in [2.45, 2.75) is 6.92 Å². The number of rotatable bonds is 3. The molecule has 0 aliphatic rings. The van der Waals surface area contributed by atoms with Crippen LogP contribution in [0.5, 0.6) is 0 Å². The molecule has 0 saturated heterocycles. The quantitative estimate of drug-likeness (QED) is 0.443. The van der Waals surface area contributed by atoms with Gasteiger partial charge >= 0.3 is 11.9 Å². The molecular formula is C12H12O4. The molecule has 0 aliphatic heterocycles. The van der Waals surface area contributed by atoms with E-state index in [-0.39, 0.29) is 5.76 Å². The van der Waals surface area contributed by atoms with Crippen LogP contribution in [0.25, 0.3) is 0 Å². The van der Waals surface area contributed by atoms with E-state index in [2.05, 4.69) is 4.74 Å². The SMILES string of the molecule is COC(=O)/C=C(\C)OC(=O)c1ccccc1. The Kier molecular flexibility index (Phi) is 4.27. The summed E-state index contributed by atoms with van der Waals surface area (Å²) in [6.07, 6.45) is 1.11. The van der Waals surface area contributed by atoms with Gasteiger partial charge in [-0.1, -0.05) is 18.2 Å². The van der Waals surface area contributed by atoms with E-state index in [1.165, 1.54) is 14.0 Å². The van der Waals surface area contributed by atoms with E-state index in [4.69, 9.17) is 4.74 Å². The number of allylic oxidation sites excluding steroid dienone is 1. The molecule has 0 spiro atoms. The number of benzene rings is 1. The van der Waals surface area contributed by atoms with Gasteiger partial charge in [-0.25, -0.2) is 9.59 Å². The van der Waals surface area contributed by atoms with Gasteiger partial charge in [-0.2, -0.15) is 0 Å². The van der Waals surface area contributed by atoms with Crippen LogP contribution in [0.4, 0.5) is 0 Å². The second-order valence-corrected chi connectivity index (χ2v) is 3.03. The van der Waals surface area contributed by atoms with E-state index in [0.717, 1.165) is 6.08 Å². The van der Waals surface area contributed by atoms with Crippen molar-refractivity contribution in [1.82, 2.24) is 0 Å². The Morgan fingerprint density at radius 2 is 1.81 bits per heavy atom. The summed E-state index contributed by atoms with van der Waals surface area (Å²) in [6, 6.07) is 8.53. The highest BCUT2D eigenvalue weighted by atomic mass is 16.5. The molecule has 0 amide bonds. The smallest absolute Gasteiger partial charge is 0.343 e. The van der Waals surface area contributed by atoms with Gasteiger partial charge in [0.1, 0.15) is 5.76 Å². The zero-order valence-electron chi connectivity index (χ0n) is 9.10. The number of esters is 2. The lowest BCUT2D eigenvalue weighted by Gasteiger charge is -2.03. The molecule has 4 heteroatoms. The Labute approximate surface area is 93.5 Å². The number of methoxy groups -OCH3 is 1. The zero-order valence-corrected chi connectivity index (χ0v) is 9.10. The van der Waals surface area contributed by atoms with Crippen molar-refractivity contribution in [3.05, 3.63) is 47.7 Å². The molecule has 0 aliphatic carbocycles. The molecule has 0 fully saturated rings. The molecule has 0 heterocycles. The molecule has 4 nitrogen and oxygen atoms in total. The molecule has 0 bridgehead atoms. The average Bonchev–Trinajstić information content (AvgIpc) is 2.29. The molecule has 1 aromatic rings. The minimum absolute atomic E-state index is 0.195. The Morgan fingerprint density at radius 1 is 1.19 bits per heavy atom. The van der Waals surface area contributed by atoms with E-state index >= 15 is 0 Å². The topological polar surface area (TPSA) is 52.6 Å². The maximum atomic E-state index is 11.5. The molecule has 1 rings (SSSR count). The number of hydrogen-bond acceptors (Lipinski definition) is 4. The summed E-state index contributed by atoms with van der Waals surface area (Å²) < 4.78 is 9.33. The first-order valence-electron chi connectivity index (χ1n) is 4.67. The Hall–Kier alpha value is -2.10. The van der Waals surface area contributed by atoms with Crippen molar-refractivity contribution in [1.29, 1.82) is 0 Å². The fraction of sp³-hybridized carbons (Fsp3) is 0.167. The van der Waals surface area contributed by atoms with Crippen LogP contribution in [0.2, 0.25) is 0 Å². The molecule has 0 unspecified atom stereocenters. The standard InChI is InChI=1S/C12H12O4/c1-9(8-11(13)15-2)16-12(14)10-6-4-3-5-7-10/h3-8H,1-2H3/b9-8+. The lowest BCUT2D eigenvalue weighted by Crippen LogP contribution is -2.05. The van der Waals surface area contributed by atoms with Gasteiger partial charge in [0.05, 0.1) is 18.7 Å². The molecule has 0 N–H and O–H groups in total. The summed E-state index contributed by atoms with van der Waals surface area (Å²) in [4.78, 5) is 22.4. The lowest BCUT2D eigenvalue weighted by atomic mass is 10.2. The van der Waals surface area contributed by atoms with Crippen LogP contribution in [0.15, 0.2) is 42.2 Å². The van der Waals surface area contributed by atoms with Crippen molar-refractivity contribution >= 4 is 11.9 Å². The van der Waals surface area contributed by atoms with Crippen molar-refractivity contribution < 1.29 is 19.1 Å². The predicted octanol–water partition coefficient (Wildman–Crippen LogP) is 1.92. The van der Waals surface area contributed by atoms with Crippen LogP contribution in [-0.2, 0) is 14.3 Å². The van der Waals surface area contributed by atoms with Crippen LogP contribution in [-0.4, -0.2) is 19.0 Å². The van der Waals surface area contributed by atoms with Crippen molar-refractivity contribution in [3.8, 4) is 0 Å². The summed E-state index contributed by atoms with van der Waals surface area (Å²) in [7, 11) is 1.26. The monoisotopic (exact) mass is 220 g/mol. The number of carbonyl (C=O) groups excluding carboxylic acids is 2. The van der Waals surface area contributed by atoms with E-state index in [0.29, 0.717) is 5.56 Å². The zero-order chi connectivity index (χ0) is 12.0. The second-order valence-electron chi connectivity index (χ2n) is 3.03. The molecule has 0 radical (unpaired) electrons. The van der Waals surface area contributed by atoms with Crippen molar-refractivity contribution in [2.24, 2.45) is 0 Å². The van der Waals surface area contributed by atoms with E-state index in [9.17, 15) is 9.59 Å². The summed E-state index contributed by atoms with van der Waals surface area (Å²) in [5.74, 6) is -0.864. The second kappa shape index (κ2) is 5.70. The average molecular weight is 220 g/mol. The fourth-order valence-electron chi connectivity index (χ4n) is 1.03. The van der Waals surface area contributed by atoms with Gasteiger partial charge in [0, 0.05) is 0 Å². The van der Waals surface area contributed by atoms with E-state index in [1.54, 1.807) is 30.3 Å². The van der Waals surface area contributed by atoms with Gasteiger partial charge in [0.2, 0.25) is 0 Å².